The van der Waals surface area contributed by atoms with E-state index in [1.807, 2.05) is 24.5 Å². The predicted molar refractivity (Wildman–Crippen MR) is 74.4 cm³/mol. The Balaban J connectivity index is 1.92. The first-order chi connectivity index (χ1) is 8.74. The highest BCUT2D eigenvalue weighted by Gasteiger charge is 2.15. The number of fused-ring (bicyclic) bond motifs is 1. The van der Waals surface area contributed by atoms with E-state index in [9.17, 15) is 0 Å². The minimum absolute atomic E-state index is 0.725. The van der Waals surface area contributed by atoms with Gasteiger partial charge in [0, 0.05) is 15.7 Å². The standard InChI is InChI=1S/C14H14Cl2N2/c15-11-5-6-12(16)10(7-11)8-18-9-17-13-3-1-2-4-14(13)18/h5-7,9H,1-4,8H2. The van der Waals surface area contributed by atoms with Crippen LogP contribution in [0.1, 0.15) is 29.8 Å². The van der Waals surface area contributed by atoms with Crippen LogP contribution in [0.5, 0.6) is 0 Å². The Labute approximate surface area is 117 Å². The largest absolute Gasteiger partial charge is 0.330 e. The summed E-state index contributed by atoms with van der Waals surface area (Å²) < 4.78 is 2.20. The van der Waals surface area contributed by atoms with Gasteiger partial charge in [-0.05, 0) is 49.4 Å². The van der Waals surface area contributed by atoms with Gasteiger partial charge in [-0.3, -0.25) is 0 Å². The molecule has 0 fully saturated rings. The number of aryl methyl sites for hydroxylation is 1. The summed E-state index contributed by atoms with van der Waals surface area (Å²) in [4.78, 5) is 4.49. The Hall–Kier alpha value is -0.990. The van der Waals surface area contributed by atoms with Crippen molar-refractivity contribution in [1.82, 2.24) is 9.55 Å². The molecule has 4 heteroatoms. The van der Waals surface area contributed by atoms with Crippen LogP contribution < -0.4 is 0 Å². The van der Waals surface area contributed by atoms with E-state index >= 15 is 0 Å². The Bertz CT molecular complexity index is 575. The molecule has 1 aliphatic carbocycles. The molecule has 0 unspecified atom stereocenters. The molecule has 0 aliphatic heterocycles. The number of rotatable bonds is 2. The quantitative estimate of drug-likeness (QED) is 0.809. The summed E-state index contributed by atoms with van der Waals surface area (Å²) in [5, 5.41) is 1.49. The van der Waals surface area contributed by atoms with Crippen LogP contribution in [0, 0.1) is 0 Å². The van der Waals surface area contributed by atoms with Gasteiger partial charge in [0.1, 0.15) is 0 Å². The van der Waals surface area contributed by atoms with Crippen molar-refractivity contribution in [2.24, 2.45) is 0 Å². The van der Waals surface area contributed by atoms with Gasteiger partial charge in [0.15, 0.2) is 0 Å². The Morgan fingerprint density at radius 3 is 2.89 bits per heavy atom. The van der Waals surface area contributed by atoms with Gasteiger partial charge in [-0.25, -0.2) is 4.98 Å². The maximum atomic E-state index is 6.20. The zero-order valence-electron chi connectivity index (χ0n) is 10.00. The second-order valence-electron chi connectivity index (χ2n) is 4.71. The van der Waals surface area contributed by atoms with E-state index < -0.39 is 0 Å². The maximum Gasteiger partial charge on any atom is 0.0954 e. The number of benzene rings is 1. The lowest BCUT2D eigenvalue weighted by atomic mass is 10.0. The van der Waals surface area contributed by atoms with E-state index in [0.29, 0.717) is 0 Å². The van der Waals surface area contributed by atoms with E-state index in [0.717, 1.165) is 35.0 Å². The number of aromatic nitrogens is 2. The first-order valence-corrected chi connectivity index (χ1v) is 6.96. The third kappa shape index (κ3) is 2.27. The second kappa shape index (κ2) is 4.94. The van der Waals surface area contributed by atoms with Crippen molar-refractivity contribution in [1.29, 1.82) is 0 Å². The van der Waals surface area contributed by atoms with Gasteiger partial charge in [-0.15, -0.1) is 0 Å². The van der Waals surface area contributed by atoms with E-state index in [-0.39, 0.29) is 0 Å². The molecule has 1 heterocycles. The minimum Gasteiger partial charge on any atom is -0.330 e. The van der Waals surface area contributed by atoms with Gasteiger partial charge >= 0.3 is 0 Å². The average Bonchev–Trinajstić information content (AvgIpc) is 2.78. The molecule has 0 atom stereocenters. The normalized spacial score (nSPS) is 14.6. The smallest absolute Gasteiger partial charge is 0.0954 e. The molecule has 0 spiro atoms. The SMILES string of the molecule is Clc1ccc(Cl)c(Cn2cnc3c2CCCC3)c1. The van der Waals surface area contributed by atoms with Crippen molar-refractivity contribution in [3.63, 3.8) is 0 Å². The molecule has 1 aliphatic rings. The highest BCUT2D eigenvalue weighted by atomic mass is 35.5. The second-order valence-corrected chi connectivity index (χ2v) is 5.55. The maximum absolute atomic E-state index is 6.20. The number of hydrogen-bond donors (Lipinski definition) is 0. The van der Waals surface area contributed by atoms with Crippen LogP contribution >= 0.6 is 23.2 Å². The van der Waals surface area contributed by atoms with E-state index in [1.165, 1.54) is 24.2 Å². The molecule has 18 heavy (non-hydrogen) atoms. The van der Waals surface area contributed by atoms with Crippen molar-refractivity contribution < 1.29 is 0 Å². The topological polar surface area (TPSA) is 17.8 Å². The van der Waals surface area contributed by atoms with Gasteiger partial charge in [-0.2, -0.15) is 0 Å². The zero-order valence-corrected chi connectivity index (χ0v) is 11.5. The lowest BCUT2D eigenvalue weighted by molar-refractivity contribution is 0.628. The van der Waals surface area contributed by atoms with Crippen molar-refractivity contribution in [2.75, 3.05) is 0 Å². The number of imidazole rings is 1. The number of halogens is 2. The predicted octanol–water partition coefficient (Wildman–Crippen LogP) is 4.12. The molecular weight excluding hydrogens is 267 g/mol. The summed E-state index contributed by atoms with van der Waals surface area (Å²) in [6.07, 6.45) is 6.65. The Kier molecular flexibility index (Phi) is 3.31. The Morgan fingerprint density at radius 2 is 2.00 bits per heavy atom. The van der Waals surface area contributed by atoms with Crippen molar-refractivity contribution in [3.8, 4) is 0 Å². The molecule has 0 amide bonds. The van der Waals surface area contributed by atoms with Gasteiger partial charge in [0.05, 0.1) is 18.6 Å². The van der Waals surface area contributed by atoms with Crippen LogP contribution in [0.4, 0.5) is 0 Å². The first kappa shape index (κ1) is 12.1. The van der Waals surface area contributed by atoms with Gasteiger partial charge in [0.2, 0.25) is 0 Å². The molecule has 94 valence electrons. The van der Waals surface area contributed by atoms with Crippen LogP contribution in [0.3, 0.4) is 0 Å². The van der Waals surface area contributed by atoms with Gasteiger partial charge in [0.25, 0.3) is 0 Å². The van der Waals surface area contributed by atoms with E-state index in [2.05, 4.69) is 9.55 Å². The van der Waals surface area contributed by atoms with Crippen LogP contribution in [0.25, 0.3) is 0 Å². The fourth-order valence-corrected chi connectivity index (χ4v) is 2.89. The number of nitrogens with zero attached hydrogens (tertiary/aromatic N) is 2. The van der Waals surface area contributed by atoms with Crippen molar-refractivity contribution in [3.05, 3.63) is 51.5 Å². The monoisotopic (exact) mass is 280 g/mol. The highest BCUT2D eigenvalue weighted by Crippen LogP contribution is 2.24. The summed E-state index contributed by atoms with van der Waals surface area (Å²) in [6.45, 7) is 0.752. The molecule has 0 radical (unpaired) electrons. The third-order valence-corrected chi connectivity index (χ3v) is 4.06. The molecule has 1 aromatic carbocycles. The fraction of sp³-hybridized carbons (Fsp3) is 0.357. The summed E-state index contributed by atoms with van der Waals surface area (Å²) >= 11 is 12.2. The molecule has 0 saturated heterocycles. The lowest BCUT2D eigenvalue weighted by Gasteiger charge is -2.14. The third-order valence-electron chi connectivity index (χ3n) is 3.46. The zero-order chi connectivity index (χ0) is 12.5. The van der Waals surface area contributed by atoms with Gasteiger partial charge < -0.3 is 4.57 Å². The molecule has 0 bridgehead atoms. The molecule has 2 aromatic rings. The summed E-state index contributed by atoms with van der Waals surface area (Å²) in [6, 6.07) is 5.60. The van der Waals surface area contributed by atoms with Crippen LogP contribution in [-0.4, -0.2) is 9.55 Å². The first-order valence-electron chi connectivity index (χ1n) is 6.21. The van der Waals surface area contributed by atoms with Crippen LogP contribution in [0.15, 0.2) is 24.5 Å². The highest BCUT2D eigenvalue weighted by molar-refractivity contribution is 6.33. The van der Waals surface area contributed by atoms with E-state index in [1.54, 1.807) is 0 Å². The van der Waals surface area contributed by atoms with E-state index in [4.69, 9.17) is 23.2 Å². The summed E-state index contributed by atoms with van der Waals surface area (Å²) in [7, 11) is 0. The molecule has 0 saturated carbocycles. The van der Waals surface area contributed by atoms with Crippen molar-refractivity contribution in [2.45, 2.75) is 32.2 Å². The van der Waals surface area contributed by atoms with Crippen LogP contribution in [0.2, 0.25) is 10.0 Å². The van der Waals surface area contributed by atoms with Gasteiger partial charge in [-0.1, -0.05) is 23.2 Å². The molecule has 1 aromatic heterocycles. The average molecular weight is 281 g/mol. The summed E-state index contributed by atoms with van der Waals surface area (Å²) in [5.41, 5.74) is 3.66. The lowest BCUT2D eigenvalue weighted by Crippen LogP contribution is -2.09. The fourth-order valence-electron chi connectivity index (χ4n) is 2.52. The van der Waals surface area contributed by atoms with Crippen molar-refractivity contribution >= 4 is 23.2 Å². The number of hydrogen-bond acceptors (Lipinski definition) is 1. The summed E-state index contributed by atoms with van der Waals surface area (Å²) in [5.74, 6) is 0. The molecule has 2 nitrogen and oxygen atoms in total. The molecule has 0 N–H and O–H groups in total. The minimum atomic E-state index is 0.725. The Morgan fingerprint density at radius 1 is 1.17 bits per heavy atom. The van der Waals surface area contributed by atoms with Crippen LogP contribution in [-0.2, 0) is 19.4 Å². The molecular formula is C14H14Cl2N2. The molecule has 3 rings (SSSR count).